The molecule has 0 N–H and O–H groups in total. The highest BCUT2D eigenvalue weighted by Crippen LogP contribution is 2.12. The van der Waals surface area contributed by atoms with E-state index in [1.807, 2.05) is 36.5 Å². The van der Waals surface area contributed by atoms with Gasteiger partial charge in [-0.1, -0.05) is 35.4 Å². The van der Waals surface area contributed by atoms with Crippen molar-refractivity contribution in [3.05, 3.63) is 53.9 Å². The van der Waals surface area contributed by atoms with Crippen LogP contribution in [0.1, 0.15) is 11.1 Å². The molecule has 3 aromatic rings. The maximum Gasteiger partial charge on any atom is 0.303 e. The first-order valence-electron chi connectivity index (χ1n) is 7.21. The second-order valence-electron chi connectivity index (χ2n) is 5.35. The Morgan fingerprint density at radius 3 is 2.58 bits per heavy atom. The molecule has 24 heavy (non-hydrogen) atoms. The highest BCUT2D eigenvalue weighted by molar-refractivity contribution is 7.88. The Balaban J connectivity index is 1.70. The van der Waals surface area contributed by atoms with Crippen molar-refractivity contribution in [1.29, 1.82) is 0 Å². The summed E-state index contributed by atoms with van der Waals surface area (Å²) >= 11 is 0. The predicted molar refractivity (Wildman–Crippen MR) is 85.2 cm³/mol. The minimum atomic E-state index is -3.78. The number of aromatic nitrogens is 6. The smallest absolute Gasteiger partial charge is 0.268 e. The van der Waals surface area contributed by atoms with Crippen molar-refractivity contribution >= 4 is 10.0 Å². The molecule has 0 fully saturated rings. The van der Waals surface area contributed by atoms with Crippen molar-refractivity contribution in [3.63, 3.8) is 0 Å². The molecule has 1 aromatic carbocycles. The van der Waals surface area contributed by atoms with Crippen molar-refractivity contribution < 1.29 is 8.42 Å². The summed E-state index contributed by atoms with van der Waals surface area (Å²) in [6, 6.07) is 9.91. The lowest BCUT2D eigenvalue weighted by molar-refractivity contribution is 0.459. The number of rotatable bonds is 6. The second kappa shape index (κ2) is 6.49. The Morgan fingerprint density at radius 1 is 1.17 bits per heavy atom. The summed E-state index contributed by atoms with van der Waals surface area (Å²) in [5.74, 6) is 0. The molecule has 0 atom stereocenters. The molecule has 126 valence electrons. The Kier molecular flexibility index (Phi) is 4.40. The molecule has 0 aliphatic rings. The lowest BCUT2D eigenvalue weighted by atomic mass is 10.2. The van der Waals surface area contributed by atoms with E-state index in [2.05, 4.69) is 20.5 Å². The van der Waals surface area contributed by atoms with E-state index in [1.165, 1.54) is 18.4 Å². The molecule has 0 aliphatic carbocycles. The zero-order chi connectivity index (χ0) is 17.2. The van der Waals surface area contributed by atoms with Gasteiger partial charge in [-0.3, -0.25) is 4.68 Å². The van der Waals surface area contributed by atoms with Crippen molar-refractivity contribution in [2.75, 3.05) is 7.05 Å². The van der Waals surface area contributed by atoms with Gasteiger partial charge in [-0.2, -0.15) is 14.2 Å². The zero-order valence-electron chi connectivity index (χ0n) is 13.3. The molecule has 0 saturated carbocycles. The van der Waals surface area contributed by atoms with Gasteiger partial charge in [-0.25, -0.2) is 8.42 Å². The van der Waals surface area contributed by atoms with Crippen LogP contribution in [-0.4, -0.2) is 49.8 Å². The van der Waals surface area contributed by atoms with Crippen LogP contribution in [0.5, 0.6) is 0 Å². The van der Waals surface area contributed by atoms with Crippen molar-refractivity contribution in [2.24, 2.45) is 7.05 Å². The molecule has 3 rings (SSSR count). The third kappa shape index (κ3) is 3.49. The number of sulfonamides is 1. The van der Waals surface area contributed by atoms with Crippen LogP contribution in [0.4, 0.5) is 0 Å². The summed E-state index contributed by atoms with van der Waals surface area (Å²) in [6.07, 6.45) is 3.47. The quantitative estimate of drug-likeness (QED) is 0.635. The van der Waals surface area contributed by atoms with Gasteiger partial charge in [0.1, 0.15) is 0 Å². The maximum absolute atomic E-state index is 12.4. The Morgan fingerprint density at radius 2 is 1.92 bits per heavy atom. The van der Waals surface area contributed by atoms with Gasteiger partial charge in [0.15, 0.2) is 0 Å². The molecule has 0 amide bonds. The summed E-state index contributed by atoms with van der Waals surface area (Å²) in [6.45, 7) is 0.804. The van der Waals surface area contributed by atoms with Crippen LogP contribution in [0.3, 0.4) is 0 Å². The van der Waals surface area contributed by atoms with Gasteiger partial charge in [-0.05, 0) is 10.8 Å². The van der Waals surface area contributed by atoms with Gasteiger partial charge in [-0.15, -0.1) is 5.10 Å². The van der Waals surface area contributed by atoms with Crippen molar-refractivity contribution in [1.82, 2.24) is 34.3 Å². The molecule has 0 unspecified atom stereocenters. The van der Waals surface area contributed by atoms with E-state index in [0.717, 1.165) is 15.9 Å². The second-order valence-corrected chi connectivity index (χ2v) is 7.29. The highest BCUT2D eigenvalue weighted by Gasteiger charge is 2.26. The van der Waals surface area contributed by atoms with Gasteiger partial charge in [0.2, 0.25) is 0 Å². The molecule has 9 nitrogen and oxygen atoms in total. The first kappa shape index (κ1) is 16.3. The van der Waals surface area contributed by atoms with Gasteiger partial charge in [0, 0.05) is 25.4 Å². The zero-order valence-corrected chi connectivity index (χ0v) is 14.1. The lowest BCUT2D eigenvalue weighted by Gasteiger charge is -2.13. The van der Waals surface area contributed by atoms with Gasteiger partial charge in [0.05, 0.1) is 19.8 Å². The first-order valence-corrected chi connectivity index (χ1v) is 8.65. The monoisotopic (exact) mass is 347 g/mol. The Hall–Kier alpha value is -2.59. The summed E-state index contributed by atoms with van der Waals surface area (Å²) in [5, 5.41) is 14.8. The number of nitrogens with zero attached hydrogens (tertiary/aromatic N) is 7. The number of aryl methyl sites for hydroxylation is 1. The summed E-state index contributed by atoms with van der Waals surface area (Å²) < 4.78 is 27.7. The highest BCUT2D eigenvalue weighted by atomic mass is 32.2. The fraction of sp³-hybridized carbons (Fsp3) is 0.286. The van der Waals surface area contributed by atoms with Crippen molar-refractivity contribution in [2.45, 2.75) is 18.2 Å². The fourth-order valence-corrected chi connectivity index (χ4v) is 3.16. The van der Waals surface area contributed by atoms with E-state index in [9.17, 15) is 8.42 Å². The third-order valence-electron chi connectivity index (χ3n) is 3.41. The van der Waals surface area contributed by atoms with E-state index in [-0.39, 0.29) is 11.7 Å². The topological polar surface area (TPSA) is 98.8 Å². The molecule has 0 spiro atoms. The molecular weight excluding hydrogens is 330 g/mol. The Labute approximate surface area is 139 Å². The minimum Gasteiger partial charge on any atom is -0.268 e. The SMILES string of the molecule is CN(Cc1cnn(Cc2ccccc2)c1)S(=O)(=O)c1nnn(C)n1. The Bertz CT molecular complexity index is 918. The summed E-state index contributed by atoms with van der Waals surface area (Å²) in [5.41, 5.74) is 1.90. The molecule has 2 heterocycles. The van der Waals surface area contributed by atoms with Gasteiger partial charge >= 0.3 is 5.16 Å². The molecule has 0 bridgehead atoms. The summed E-state index contributed by atoms with van der Waals surface area (Å²) in [7, 11) is -0.789. The summed E-state index contributed by atoms with van der Waals surface area (Å²) in [4.78, 5) is 1.11. The molecule has 0 radical (unpaired) electrons. The third-order valence-corrected chi connectivity index (χ3v) is 4.98. The standard InChI is InChI=1S/C14H17N7O2S/c1-19(24(22,23)14-16-18-20(2)17-14)9-13-8-15-21(11-13)10-12-6-4-3-5-7-12/h3-8,11H,9-10H2,1-2H3. The van der Waals surface area contributed by atoms with E-state index in [0.29, 0.717) is 6.54 Å². The van der Waals surface area contributed by atoms with Crippen LogP contribution in [-0.2, 0) is 30.2 Å². The first-order chi connectivity index (χ1) is 11.4. The molecular formula is C14H17N7O2S. The maximum atomic E-state index is 12.4. The average molecular weight is 347 g/mol. The average Bonchev–Trinajstić information content (AvgIpc) is 3.18. The number of tetrazole rings is 1. The molecule has 0 saturated heterocycles. The predicted octanol–water partition coefficient (Wildman–Crippen LogP) is 0.276. The van der Waals surface area contributed by atoms with Gasteiger partial charge in [0.25, 0.3) is 10.0 Å². The molecule has 2 aromatic heterocycles. The molecule has 0 aliphatic heterocycles. The van der Waals surface area contributed by atoms with E-state index >= 15 is 0 Å². The van der Waals surface area contributed by atoms with Crippen LogP contribution in [0.15, 0.2) is 47.9 Å². The van der Waals surface area contributed by atoms with Crippen LogP contribution in [0, 0.1) is 0 Å². The van der Waals surface area contributed by atoms with E-state index in [1.54, 1.807) is 10.9 Å². The lowest BCUT2D eigenvalue weighted by Crippen LogP contribution is -2.27. The number of hydrogen-bond donors (Lipinski definition) is 0. The van der Waals surface area contributed by atoms with Crippen molar-refractivity contribution in [3.8, 4) is 0 Å². The van der Waals surface area contributed by atoms with Gasteiger partial charge < -0.3 is 0 Å². The number of hydrogen-bond acceptors (Lipinski definition) is 6. The van der Waals surface area contributed by atoms with E-state index < -0.39 is 10.0 Å². The largest absolute Gasteiger partial charge is 0.303 e. The minimum absolute atomic E-state index is 0.176. The van der Waals surface area contributed by atoms with E-state index in [4.69, 9.17) is 0 Å². The van der Waals surface area contributed by atoms with Crippen LogP contribution in [0.25, 0.3) is 0 Å². The van der Waals surface area contributed by atoms with Crippen LogP contribution < -0.4 is 0 Å². The number of benzene rings is 1. The van der Waals surface area contributed by atoms with Crippen LogP contribution >= 0.6 is 0 Å². The normalized spacial score (nSPS) is 12.0. The van der Waals surface area contributed by atoms with Crippen LogP contribution in [0.2, 0.25) is 0 Å². The fourth-order valence-electron chi connectivity index (χ4n) is 2.20. The molecule has 10 heteroatoms.